The highest BCUT2D eigenvalue weighted by molar-refractivity contribution is 7.82. The van der Waals surface area contributed by atoms with Crippen LogP contribution in [0.5, 0.6) is 0 Å². The number of aryl methyl sites for hydroxylation is 1. The average molecular weight is 785 g/mol. The number of hydrogen-bond acceptors (Lipinski definition) is 11. The van der Waals surface area contributed by atoms with E-state index in [1.54, 1.807) is 54.7 Å². The minimum absolute atomic E-state index is 0.155. The minimum atomic E-state index is -1.42. The van der Waals surface area contributed by atoms with Gasteiger partial charge >= 0.3 is 6.03 Å². The van der Waals surface area contributed by atoms with Crippen molar-refractivity contribution < 1.29 is 13.8 Å². The van der Waals surface area contributed by atoms with Gasteiger partial charge in [-0.25, -0.2) is 23.3 Å². The van der Waals surface area contributed by atoms with E-state index in [9.17, 15) is 19.1 Å². The Morgan fingerprint density at radius 2 is 1.87 bits per heavy atom. The topological polar surface area (TPSA) is 191 Å². The van der Waals surface area contributed by atoms with Crippen LogP contribution >= 0.6 is 11.6 Å². The van der Waals surface area contributed by atoms with E-state index in [1.165, 1.54) is 10.5 Å². The van der Waals surface area contributed by atoms with Crippen molar-refractivity contribution in [3.05, 3.63) is 76.7 Å². The van der Waals surface area contributed by atoms with Gasteiger partial charge in [0, 0.05) is 64.3 Å². The van der Waals surface area contributed by atoms with E-state index in [0.29, 0.717) is 58.5 Å². The highest BCUT2D eigenvalue weighted by atomic mass is 35.5. The second kappa shape index (κ2) is 18.4. The molecule has 0 radical (unpaired) electrons. The number of fused-ring (bicyclic) bond motifs is 1. The number of piperidine rings is 2. The number of nitrogens with one attached hydrogen (secondary N) is 2. The normalized spacial score (nSPS) is 16.9. The minimum Gasteiger partial charge on any atom is -0.404 e. The van der Waals surface area contributed by atoms with Crippen molar-refractivity contribution in [2.24, 2.45) is 17.8 Å². The Morgan fingerprint density at radius 3 is 2.55 bits per heavy atom. The molecule has 17 heteroatoms. The largest absolute Gasteiger partial charge is 0.404 e. The van der Waals surface area contributed by atoms with E-state index in [1.807, 2.05) is 17.4 Å². The fourth-order valence-electron chi connectivity index (χ4n) is 7.01. The molecule has 2 aromatic carbocycles. The van der Waals surface area contributed by atoms with Crippen LogP contribution in [-0.2, 0) is 22.8 Å². The number of aliphatic imine (C=N–C) groups is 1. The van der Waals surface area contributed by atoms with E-state index < -0.39 is 11.0 Å². The number of nitrogens with two attached hydrogens (primary N) is 1. The maximum Gasteiger partial charge on any atom is 0.322 e. The number of nitrogens with zero attached hydrogens (tertiary/aromatic N) is 9. The lowest BCUT2D eigenvalue weighted by Crippen LogP contribution is -2.40. The number of hydrogen-bond donors (Lipinski definition) is 3. The number of nitriles is 1. The summed E-state index contributed by atoms with van der Waals surface area (Å²) in [5.41, 5.74) is 9.84. The summed E-state index contributed by atoms with van der Waals surface area (Å²) in [5, 5.41) is 21.7. The van der Waals surface area contributed by atoms with Crippen molar-refractivity contribution in [2.45, 2.75) is 49.0 Å². The lowest BCUT2D eigenvalue weighted by atomic mass is 9.89. The van der Waals surface area contributed by atoms with Crippen molar-refractivity contribution in [3.63, 3.8) is 0 Å². The van der Waals surface area contributed by atoms with Crippen LogP contribution in [0.4, 0.5) is 22.2 Å². The van der Waals surface area contributed by atoms with Crippen LogP contribution in [-0.4, -0.2) is 104 Å². The molecule has 0 spiro atoms. The first-order valence-corrected chi connectivity index (χ1v) is 19.7. The zero-order chi connectivity index (χ0) is 38.9. The molecule has 2 aromatic heterocycles. The molecule has 0 aliphatic carbocycles. The van der Waals surface area contributed by atoms with Crippen molar-refractivity contribution in [1.82, 2.24) is 34.3 Å². The molecule has 2 aliphatic heterocycles. The Bertz CT molecular complexity index is 2120. The number of anilines is 2. The van der Waals surface area contributed by atoms with Crippen LogP contribution in [0.2, 0.25) is 5.02 Å². The van der Waals surface area contributed by atoms with Crippen molar-refractivity contribution >= 4 is 69.5 Å². The van der Waals surface area contributed by atoms with Gasteiger partial charge in [-0.3, -0.25) is 19.5 Å². The molecule has 1 atom stereocenters. The van der Waals surface area contributed by atoms with Crippen LogP contribution in [0.25, 0.3) is 10.9 Å². The molecule has 15 nitrogen and oxygen atoms in total. The standard InChI is InChI=1S/C38H45ClN12O3S/c1-42-38(53)51(12-3-17-52)36-33-7-5-28(18-35(33)48(2)47-36)27-8-13-49(14-9-27)25-26(20-40)22-43-34-19-32(6-4-29(34)21-41)55(54)50-15-10-31(11-16-50)46-37-44-23-30(39)24-45-37/h4-7,17-20,22-24,27,31H,3,8-16,25,40H2,1-2H3,(H,42,53)(H,44,45,46)/b26-20+,43-22?. The van der Waals surface area contributed by atoms with Crippen LogP contribution < -0.4 is 21.3 Å². The van der Waals surface area contributed by atoms with Gasteiger partial charge in [0.25, 0.3) is 0 Å². The Hall–Kier alpha value is -5.21. The van der Waals surface area contributed by atoms with E-state index in [2.05, 4.69) is 53.8 Å². The molecule has 6 rings (SSSR count). The predicted octanol–water partition coefficient (Wildman–Crippen LogP) is 4.65. The Labute approximate surface area is 327 Å². The summed E-state index contributed by atoms with van der Waals surface area (Å²) in [6.07, 6.45) is 10.8. The number of halogens is 1. The summed E-state index contributed by atoms with van der Waals surface area (Å²) in [6, 6.07) is 13.4. The van der Waals surface area contributed by atoms with E-state index >= 15 is 0 Å². The first-order valence-electron chi connectivity index (χ1n) is 18.2. The molecule has 0 bridgehead atoms. The number of carbonyl (C=O) groups is 2. The third-order valence-electron chi connectivity index (χ3n) is 10.0. The van der Waals surface area contributed by atoms with Gasteiger partial charge < -0.3 is 21.2 Å². The number of aromatic nitrogens is 4. The molecule has 4 N–H and O–H groups in total. The van der Waals surface area contributed by atoms with Crippen LogP contribution in [0.3, 0.4) is 0 Å². The van der Waals surface area contributed by atoms with Crippen LogP contribution in [0.15, 0.2) is 70.5 Å². The summed E-state index contributed by atoms with van der Waals surface area (Å²) in [6.45, 7) is 3.80. The molecule has 288 valence electrons. The van der Waals surface area contributed by atoms with E-state index in [-0.39, 0.29) is 25.0 Å². The van der Waals surface area contributed by atoms with Crippen molar-refractivity contribution in [1.29, 1.82) is 5.26 Å². The number of amides is 2. The zero-order valence-corrected chi connectivity index (χ0v) is 32.5. The molecule has 2 fully saturated rings. The molecule has 2 aliphatic rings. The average Bonchev–Trinajstić information content (AvgIpc) is 3.55. The van der Waals surface area contributed by atoms with Gasteiger partial charge in [0.2, 0.25) is 5.95 Å². The van der Waals surface area contributed by atoms with E-state index in [4.69, 9.17) is 17.3 Å². The fraction of sp³-hybridized carbons (Fsp3) is 0.395. The van der Waals surface area contributed by atoms with Crippen molar-refractivity contribution in [2.75, 3.05) is 56.5 Å². The SMILES string of the molecule is CNC(=O)N(CCC=O)c1nn(C)c2cc(C3CCN(C/C(C=Nc4cc(S(=O)N5CCC(Nc6ncc(Cl)cn6)CC5)ccc4C#N)=C/N)CC3)ccc12. The first-order chi connectivity index (χ1) is 26.7. The Balaban J connectivity index is 1.04. The number of aldehydes is 1. The second-order valence-corrected chi connectivity index (χ2v) is 15.5. The molecule has 4 aromatic rings. The van der Waals surface area contributed by atoms with Gasteiger partial charge in [0.15, 0.2) is 5.82 Å². The smallest absolute Gasteiger partial charge is 0.322 e. The number of carbonyl (C=O) groups excluding carboxylic acids is 2. The summed E-state index contributed by atoms with van der Waals surface area (Å²) in [7, 11) is 2.00. The van der Waals surface area contributed by atoms with Gasteiger partial charge in [0.1, 0.15) is 23.3 Å². The highest BCUT2D eigenvalue weighted by Crippen LogP contribution is 2.34. The molecule has 4 heterocycles. The molecule has 2 saturated heterocycles. The first kappa shape index (κ1) is 39.5. The molecule has 1 unspecified atom stereocenters. The third-order valence-corrected chi connectivity index (χ3v) is 11.7. The Morgan fingerprint density at radius 1 is 1.13 bits per heavy atom. The summed E-state index contributed by atoms with van der Waals surface area (Å²) < 4.78 is 17.3. The lowest BCUT2D eigenvalue weighted by Gasteiger charge is -2.32. The van der Waals surface area contributed by atoms with Crippen LogP contribution in [0.1, 0.15) is 49.1 Å². The predicted molar refractivity (Wildman–Crippen MR) is 215 cm³/mol. The Kier molecular flexibility index (Phi) is 13.2. The quantitative estimate of drug-likeness (QED) is 0.127. The number of likely N-dealkylation sites (tertiary alicyclic amines) is 1. The molecule has 0 saturated carbocycles. The van der Waals surface area contributed by atoms with Gasteiger partial charge in [-0.05, 0) is 92.4 Å². The summed E-state index contributed by atoms with van der Waals surface area (Å²) >= 11 is 5.89. The van der Waals surface area contributed by atoms with Gasteiger partial charge in [0.05, 0.1) is 39.1 Å². The van der Waals surface area contributed by atoms with Gasteiger partial charge in [-0.15, -0.1) is 0 Å². The number of urea groups is 1. The zero-order valence-electron chi connectivity index (χ0n) is 30.9. The number of benzene rings is 2. The third kappa shape index (κ3) is 9.54. The molecular weight excluding hydrogens is 740 g/mol. The maximum absolute atomic E-state index is 13.6. The summed E-state index contributed by atoms with van der Waals surface area (Å²) in [5.74, 6) is 1.40. The molecule has 2 amide bonds. The van der Waals surface area contributed by atoms with Gasteiger partial charge in [-0.2, -0.15) is 10.4 Å². The molecular formula is C38H45ClN12O3S. The second-order valence-electron chi connectivity index (χ2n) is 13.5. The number of rotatable bonds is 13. The monoisotopic (exact) mass is 784 g/mol. The van der Waals surface area contributed by atoms with E-state index in [0.717, 1.165) is 61.5 Å². The van der Waals surface area contributed by atoms with Crippen LogP contribution in [0, 0.1) is 11.3 Å². The lowest BCUT2D eigenvalue weighted by molar-refractivity contribution is -0.107. The molecule has 55 heavy (non-hydrogen) atoms. The maximum atomic E-state index is 13.6. The fourth-order valence-corrected chi connectivity index (χ4v) is 8.34. The summed E-state index contributed by atoms with van der Waals surface area (Å²) in [4.78, 5) is 41.1. The van der Waals surface area contributed by atoms with Crippen molar-refractivity contribution in [3.8, 4) is 6.07 Å². The highest BCUT2D eigenvalue weighted by Gasteiger charge is 2.26. The van der Waals surface area contributed by atoms with Gasteiger partial charge in [-0.1, -0.05) is 17.7 Å².